The van der Waals surface area contributed by atoms with Crippen LogP contribution in [0.3, 0.4) is 0 Å². The summed E-state index contributed by atoms with van der Waals surface area (Å²) in [5, 5.41) is 13.0. The van der Waals surface area contributed by atoms with E-state index in [9.17, 15) is 19.7 Å². The molecule has 1 aromatic rings. The lowest BCUT2D eigenvalue weighted by molar-refractivity contribution is -0.384. The van der Waals surface area contributed by atoms with Crippen LogP contribution in [0.25, 0.3) is 0 Å². The van der Waals surface area contributed by atoms with Crippen molar-refractivity contribution >= 4 is 23.2 Å². The van der Waals surface area contributed by atoms with Gasteiger partial charge in [0.15, 0.2) is 0 Å². The van der Waals surface area contributed by atoms with Gasteiger partial charge in [-0.2, -0.15) is 0 Å². The first-order valence-corrected chi connectivity index (χ1v) is 6.82. The molecule has 21 heavy (non-hydrogen) atoms. The van der Waals surface area contributed by atoms with Gasteiger partial charge in [-0.1, -0.05) is 6.92 Å². The number of carbonyl (C=O) groups is 2. The highest BCUT2D eigenvalue weighted by molar-refractivity contribution is 6.39. The average molecular weight is 291 g/mol. The first-order chi connectivity index (χ1) is 9.97. The van der Waals surface area contributed by atoms with Gasteiger partial charge in [-0.3, -0.25) is 19.7 Å². The number of nitro benzene ring substituents is 1. The quantitative estimate of drug-likeness (QED) is 0.511. The van der Waals surface area contributed by atoms with Crippen LogP contribution in [0.2, 0.25) is 0 Å². The predicted molar refractivity (Wildman–Crippen MR) is 76.7 cm³/mol. The normalized spacial score (nSPS) is 18.1. The molecule has 112 valence electrons. The van der Waals surface area contributed by atoms with Crippen LogP contribution in [0, 0.1) is 16.0 Å². The number of rotatable bonds is 2. The number of carbonyl (C=O) groups excluding carboxylic acids is 2. The number of anilines is 1. The van der Waals surface area contributed by atoms with E-state index in [0.29, 0.717) is 24.7 Å². The molecule has 2 amide bonds. The molecule has 0 spiro atoms. The third-order valence-corrected chi connectivity index (χ3v) is 3.47. The summed E-state index contributed by atoms with van der Waals surface area (Å²) >= 11 is 0. The van der Waals surface area contributed by atoms with Gasteiger partial charge in [-0.05, 0) is 30.9 Å². The topological polar surface area (TPSA) is 92.6 Å². The van der Waals surface area contributed by atoms with E-state index >= 15 is 0 Å². The highest BCUT2D eigenvalue weighted by Gasteiger charge is 2.26. The van der Waals surface area contributed by atoms with E-state index in [4.69, 9.17) is 0 Å². The van der Waals surface area contributed by atoms with Gasteiger partial charge in [0.25, 0.3) is 5.69 Å². The molecule has 1 N–H and O–H groups in total. The van der Waals surface area contributed by atoms with E-state index < -0.39 is 16.7 Å². The Hall–Kier alpha value is -2.44. The molecule has 1 heterocycles. The number of amides is 2. The van der Waals surface area contributed by atoms with Gasteiger partial charge in [0.05, 0.1) is 4.92 Å². The first kappa shape index (κ1) is 15.0. The van der Waals surface area contributed by atoms with Crippen LogP contribution in [0.1, 0.15) is 19.8 Å². The predicted octanol–water partition coefficient (Wildman–Crippen LogP) is 1.79. The number of hydrogen-bond donors (Lipinski definition) is 1. The van der Waals surface area contributed by atoms with Crippen molar-refractivity contribution in [3.8, 4) is 0 Å². The minimum absolute atomic E-state index is 0.0656. The molecule has 0 aromatic heterocycles. The molecule has 0 aliphatic carbocycles. The van der Waals surface area contributed by atoms with Crippen LogP contribution in [0.4, 0.5) is 11.4 Å². The number of nitro groups is 1. The summed E-state index contributed by atoms with van der Waals surface area (Å²) in [4.78, 5) is 35.5. The minimum atomic E-state index is -0.710. The lowest BCUT2D eigenvalue weighted by Crippen LogP contribution is -2.44. The third-order valence-electron chi connectivity index (χ3n) is 3.47. The molecule has 7 nitrogen and oxygen atoms in total. The van der Waals surface area contributed by atoms with Crippen LogP contribution in [-0.4, -0.2) is 34.7 Å². The molecule has 1 aliphatic heterocycles. The minimum Gasteiger partial charge on any atom is -0.334 e. The van der Waals surface area contributed by atoms with Crippen molar-refractivity contribution in [3.05, 3.63) is 34.4 Å². The lowest BCUT2D eigenvalue weighted by Gasteiger charge is -2.30. The summed E-state index contributed by atoms with van der Waals surface area (Å²) in [5.74, 6) is -0.868. The van der Waals surface area contributed by atoms with E-state index in [2.05, 4.69) is 5.32 Å². The fourth-order valence-electron chi connectivity index (χ4n) is 2.37. The second-order valence-electron chi connectivity index (χ2n) is 5.26. The fraction of sp³-hybridized carbons (Fsp3) is 0.429. The molecular formula is C14H17N3O4. The molecule has 0 bridgehead atoms. The van der Waals surface area contributed by atoms with Crippen molar-refractivity contribution in [1.82, 2.24) is 4.90 Å². The Labute approximate surface area is 122 Å². The van der Waals surface area contributed by atoms with E-state index in [1.165, 1.54) is 24.3 Å². The molecule has 7 heteroatoms. The Morgan fingerprint density at radius 2 is 2.00 bits per heavy atom. The summed E-state index contributed by atoms with van der Waals surface area (Å²) in [5.41, 5.74) is 0.299. The number of nitrogens with zero attached hydrogens (tertiary/aromatic N) is 2. The fourth-order valence-corrected chi connectivity index (χ4v) is 2.37. The van der Waals surface area contributed by atoms with Gasteiger partial charge >= 0.3 is 11.8 Å². The van der Waals surface area contributed by atoms with E-state index in [-0.39, 0.29) is 5.69 Å². The van der Waals surface area contributed by atoms with Crippen LogP contribution < -0.4 is 5.32 Å². The Kier molecular flexibility index (Phi) is 4.52. The molecule has 1 unspecified atom stereocenters. The average Bonchev–Trinajstić information content (AvgIpc) is 2.47. The van der Waals surface area contributed by atoms with Crippen LogP contribution in [-0.2, 0) is 9.59 Å². The summed E-state index contributed by atoms with van der Waals surface area (Å²) in [6.45, 7) is 3.23. The van der Waals surface area contributed by atoms with Crippen molar-refractivity contribution in [2.45, 2.75) is 19.8 Å². The molecule has 1 atom stereocenters. The molecule has 1 saturated heterocycles. The van der Waals surface area contributed by atoms with E-state index in [1.807, 2.05) is 6.92 Å². The standard InChI is InChI=1S/C14H17N3O4/c1-10-3-2-8-16(9-10)14(19)13(18)15-11-4-6-12(7-5-11)17(20)21/h4-7,10H,2-3,8-9H2,1H3,(H,15,18). The Morgan fingerprint density at radius 3 is 2.57 bits per heavy atom. The highest BCUT2D eigenvalue weighted by Crippen LogP contribution is 2.17. The Bertz CT molecular complexity index is 556. The van der Waals surface area contributed by atoms with Crippen LogP contribution >= 0.6 is 0 Å². The van der Waals surface area contributed by atoms with Gasteiger partial charge in [0.1, 0.15) is 0 Å². The molecule has 1 fully saturated rings. The Balaban J connectivity index is 1.97. The number of hydrogen-bond acceptors (Lipinski definition) is 4. The zero-order valence-corrected chi connectivity index (χ0v) is 11.7. The van der Waals surface area contributed by atoms with Gasteiger partial charge in [-0.25, -0.2) is 0 Å². The SMILES string of the molecule is CC1CCCN(C(=O)C(=O)Nc2ccc([N+](=O)[O-])cc2)C1. The largest absolute Gasteiger partial charge is 0.334 e. The van der Waals surface area contributed by atoms with E-state index in [0.717, 1.165) is 12.8 Å². The monoisotopic (exact) mass is 291 g/mol. The van der Waals surface area contributed by atoms with Crippen molar-refractivity contribution in [3.63, 3.8) is 0 Å². The maximum Gasteiger partial charge on any atom is 0.313 e. The van der Waals surface area contributed by atoms with Crippen LogP contribution in [0.5, 0.6) is 0 Å². The summed E-state index contributed by atoms with van der Waals surface area (Å²) in [6, 6.07) is 5.37. The maximum absolute atomic E-state index is 12.0. The van der Waals surface area contributed by atoms with Gasteiger partial charge in [-0.15, -0.1) is 0 Å². The smallest absolute Gasteiger partial charge is 0.313 e. The summed E-state index contributed by atoms with van der Waals surface area (Å²) in [7, 11) is 0. The number of non-ortho nitro benzene ring substituents is 1. The van der Waals surface area contributed by atoms with Crippen molar-refractivity contribution < 1.29 is 14.5 Å². The lowest BCUT2D eigenvalue weighted by atomic mass is 10.0. The zero-order valence-electron chi connectivity index (χ0n) is 11.7. The molecule has 0 saturated carbocycles. The number of piperidine rings is 1. The molecule has 0 radical (unpaired) electrons. The second kappa shape index (κ2) is 6.34. The molecule has 1 aromatic carbocycles. The number of benzene rings is 1. The maximum atomic E-state index is 12.0. The number of nitrogens with one attached hydrogen (secondary N) is 1. The van der Waals surface area contributed by atoms with Gasteiger partial charge in [0, 0.05) is 30.9 Å². The van der Waals surface area contributed by atoms with Gasteiger partial charge < -0.3 is 10.2 Å². The molecule has 1 aliphatic rings. The van der Waals surface area contributed by atoms with Crippen molar-refractivity contribution in [2.75, 3.05) is 18.4 Å². The summed E-state index contributed by atoms with van der Waals surface area (Å²) < 4.78 is 0. The van der Waals surface area contributed by atoms with Gasteiger partial charge in [0.2, 0.25) is 0 Å². The Morgan fingerprint density at radius 1 is 1.33 bits per heavy atom. The highest BCUT2D eigenvalue weighted by atomic mass is 16.6. The summed E-state index contributed by atoms with van der Waals surface area (Å²) in [6.07, 6.45) is 1.96. The van der Waals surface area contributed by atoms with Crippen molar-refractivity contribution in [2.24, 2.45) is 5.92 Å². The van der Waals surface area contributed by atoms with Crippen LogP contribution in [0.15, 0.2) is 24.3 Å². The van der Waals surface area contributed by atoms with Crippen molar-refractivity contribution in [1.29, 1.82) is 0 Å². The zero-order chi connectivity index (χ0) is 15.4. The third kappa shape index (κ3) is 3.77. The molecular weight excluding hydrogens is 274 g/mol. The molecule has 2 rings (SSSR count). The first-order valence-electron chi connectivity index (χ1n) is 6.82. The number of likely N-dealkylation sites (tertiary alicyclic amines) is 1. The second-order valence-corrected chi connectivity index (χ2v) is 5.26. The van der Waals surface area contributed by atoms with E-state index in [1.54, 1.807) is 4.90 Å².